The molecule has 92 valence electrons. The lowest BCUT2D eigenvalue weighted by Crippen LogP contribution is -2.24. The molecule has 1 fully saturated rings. The van der Waals surface area contributed by atoms with Gasteiger partial charge in [-0.05, 0) is 18.4 Å². The van der Waals surface area contributed by atoms with Crippen molar-refractivity contribution in [1.82, 2.24) is 0 Å². The van der Waals surface area contributed by atoms with Crippen LogP contribution in [0, 0.1) is 5.41 Å². The van der Waals surface area contributed by atoms with Crippen molar-refractivity contribution in [2.75, 3.05) is 13.2 Å². The predicted molar refractivity (Wildman–Crippen MR) is 66.1 cm³/mol. The number of benzene rings is 1. The molecule has 0 atom stereocenters. The molecule has 4 heteroatoms. The lowest BCUT2D eigenvalue weighted by atomic mass is 10.1. The highest BCUT2D eigenvalue weighted by Gasteiger charge is 2.15. The fourth-order valence-corrected chi connectivity index (χ4v) is 1.96. The molecule has 4 nitrogen and oxygen atoms in total. The first-order valence-corrected chi connectivity index (χ1v) is 5.89. The number of hydrogen-bond donors (Lipinski definition) is 2. The molecule has 17 heavy (non-hydrogen) atoms. The van der Waals surface area contributed by atoms with Gasteiger partial charge in [-0.15, -0.1) is 0 Å². The summed E-state index contributed by atoms with van der Waals surface area (Å²) in [5.41, 5.74) is 7.27. The Bertz CT molecular complexity index is 387. The van der Waals surface area contributed by atoms with Gasteiger partial charge in [0.05, 0.1) is 12.7 Å². The van der Waals surface area contributed by atoms with Gasteiger partial charge < -0.3 is 15.2 Å². The normalized spacial score (nSPS) is 16.9. The van der Waals surface area contributed by atoms with Crippen molar-refractivity contribution in [2.45, 2.75) is 25.6 Å². The van der Waals surface area contributed by atoms with Gasteiger partial charge >= 0.3 is 0 Å². The highest BCUT2D eigenvalue weighted by molar-refractivity contribution is 5.96. The topological polar surface area (TPSA) is 68.3 Å². The quantitative estimate of drug-likeness (QED) is 0.615. The van der Waals surface area contributed by atoms with Crippen molar-refractivity contribution in [3.8, 4) is 0 Å². The number of hydrogen-bond acceptors (Lipinski definition) is 3. The third kappa shape index (κ3) is 3.28. The highest BCUT2D eigenvalue weighted by atomic mass is 16.5. The average molecular weight is 234 g/mol. The molecule has 0 unspecified atom stereocenters. The van der Waals surface area contributed by atoms with Gasteiger partial charge in [0.2, 0.25) is 0 Å². The van der Waals surface area contributed by atoms with Crippen LogP contribution in [0.2, 0.25) is 0 Å². The van der Waals surface area contributed by atoms with Gasteiger partial charge in [-0.1, -0.05) is 24.3 Å². The number of rotatable bonds is 4. The maximum atomic E-state index is 7.50. The lowest BCUT2D eigenvalue weighted by Gasteiger charge is -2.22. The number of nitrogens with one attached hydrogen (secondary N) is 1. The van der Waals surface area contributed by atoms with Crippen LogP contribution >= 0.6 is 0 Å². The van der Waals surface area contributed by atoms with Crippen molar-refractivity contribution in [3.05, 3.63) is 35.4 Å². The van der Waals surface area contributed by atoms with Crippen molar-refractivity contribution >= 4 is 5.84 Å². The minimum Gasteiger partial charge on any atom is -0.384 e. The van der Waals surface area contributed by atoms with Crippen LogP contribution in [-0.4, -0.2) is 25.2 Å². The predicted octanol–water partition coefficient (Wildman–Crippen LogP) is 1.67. The second-order valence-corrected chi connectivity index (χ2v) is 4.19. The third-order valence-corrected chi connectivity index (χ3v) is 2.95. The van der Waals surface area contributed by atoms with Crippen molar-refractivity contribution < 1.29 is 9.47 Å². The average Bonchev–Trinajstić information content (AvgIpc) is 2.38. The Morgan fingerprint density at radius 3 is 2.76 bits per heavy atom. The van der Waals surface area contributed by atoms with Crippen LogP contribution in [0.1, 0.15) is 24.0 Å². The Balaban J connectivity index is 1.96. The molecule has 0 aliphatic carbocycles. The van der Waals surface area contributed by atoms with E-state index in [1.165, 1.54) is 0 Å². The fourth-order valence-electron chi connectivity index (χ4n) is 1.96. The summed E-state index contributed by atoms with van der Waals surface area (Å²) in [4.78, 5) is 0. The van der Waals surface area contributed by atoms with Crippen LogP contribution < -0.4 is 5.73 Å². The van der Waals surface area contributed by atoms with Gasteiger partial charge in [-0.3, -0.25) is 5.41 Å². The van der Waals surface area contributed by atoms with Gasteiger partial charge in [-0.2, -0.15) is 0 Å². The Kier molecular flexibility index (Phi) is 4.12. The molecule has 1 aliphatic rings. The molecule has 1 aliphatic heterocycles. The Morgan fingerprint density at radius 2 is 2.06 bits per heavy atom. The summed E-state index contributed by atoms with van der Waals surface area (Å²) in [7, 11) is 0. The zero-order valence-corrected chi connectivity index (χ0v) is 9.82. The second kappa shape index (κ2) is 5.80. The van der Waals surface area contributed by atoms with Gasteiger partial charge in [0.1, 0.15) is 5.84 Å². The largest absolute Gasteiger partial charge is 0.384 e. The monoisotopic (exact) mass is 234 g/mol. The van der Waals surface area contributed by atoms with E-state index in [-0.39, 0.29) is 11.9 Å². The maximum Gasteiger partial charge on any atom is 0.123 e. The van der Waals surface area contributed by atoms with E-state index in [1.807, 2.05) is 24.3 Å². The Morgan fingerprint density at radius 1 is 1.35 bits per heavy atom. The number of ether oxygens (including phenoxy) is 2. The first kappa shape index (κ1) is 12.1. The van der Waals surface area contributed by atoms with Crippen LogP contribution in [0.4, 0.5) is 0 Å². The van der Waals surface area contributed by atoms with E-state index in [1.54, 1.807) is 0 Å². The molecule has 0 radical (unpaired) electrons. The zero-order chi connectivity index (χ0) is 12.1. The third-order valence-electron chi connectivity index (χ3n) is 2.95. The van der Waals surface area contributed by atoms with E-state index in [4.69, 9.17) is 20.6 Å². The van der Waals surface area contributed by atoms with Crippen molar-refractivity contribution in [2.24, 2.45) is 5.73 Å². The molecule has 2 rings (SSSR count). The summed E-state index contributed by atoms with van der Waals surface area (Å²) in [5.74, 6) is 0.0937. The van der Waals surface area contributed by atoms with Crippen LogP contribution in [-0.2, 0) is 16.1 Å². The molecule has 1 aromatic carbocycles. The molecular formula is C13H18N2O2. The summed E-state index contributed by atoms with van der Waals surface area (Å²) < 4.78 is 11.1. The first-order valence-electron chi connectivity index (χ1n) is 5.89. The molecule has 0 amide bonds. The van der Waals surface area contributed by atoms with E-state index >= 15 is 0 Å². The molecule has 0 bridgehead atoms. The molecule has 0 aromatic heterocycles. The minimum atomic E-state index is 0.0937. The van der Waals surface area contributed by atoms with E-state index < -0.39 is 0 Å². The zero-order valence-electron chi connectivity index (χ0n) is 9.82. The van der Waals surface area contributed by atoms with Gasteiger partial charge in [0, 0.05) is 18.8 Å². The van der Waals surface area contributed by atoms with Crippen LogP contribution in [0.15, 0.2) is 24.3 Å². The summed E-state index contributed by atoms with van der Waals surface area (Å²) in [5, 5.41) is 7.50. The first-order chi connectivity index (χ1) is 8.27. The highest BCUT2D eigenvalue weighted by Crippen LogP contribution is 2.15. The second-order valence-electron chi connectivity index (χ2n) is 4.19. The molecule has 1 heterocycles. The van der Waals surface area contributed by atoms with Crippen molar-refractivity contribution in [3.63, 3.8) is 0 Å². The van der Waals surface area contributed by atoms with E-state index in [9.17, 15) is 0 Å². The summed E-state index contributed by atoms with van der Waals surface area (Å²) in [6.07, 6.45) is 2.16. The van der Waals surface area contributed by atoms with Gasteiger partial charge in [-0.25, -0.2) is 0 Å². The van der Waals surface area contributed by atoms with E-state index in [0.29, 0.717) is 6.61 Å². The number of nitrogen functional groups attached to an aromatic ring is 1. The lowest BCUT2D eigenvalue weighted by molar-refractivity contribution is -0.0391. The molecular weight excluding hydrogens is 216 g/mol. The maximum absolute atomic E-state index is 7.50. The van der Waals surface area contributed by atoms with Gasteiger partial charge in [0.15, 0.2) is 0 Å². The summed E-state index contributed by atoms with van der Waals surface area (Å²) in [6.45, 7) is 2.07. The van der Waals surface area contributed by atoms with Gasteiger partial charge in [0.25, 0.3) is 0 Å². The van der Waals surface area contributed by atoms with Crippen molar-refractivity contribution in [1.29, 1.82) is 5.41 Å². The minimum absolute atomic E-state index is 0.0937. The molecule has 0 saturated carbocycles. The summed E-state index contributed by atoms with van der Waals surface area (Å²) in [6, 6.07) is 7.63. The summed E-state index contributed by atoms with van der Waals surface area (Å²) >= 11 is 0. The van der Waals surface area contributed by atoms with E-state index in [2.05, 4.69) is 0 Å². The van der Waals surface area contributed by atoms with Crippen LogP contribution in [0.3, 0.4) is 0 Å². The SMILES string of the molecule is N=C(N)c1ccccc1COC1CCOCC1. The standard InChI is InChI=1S/C13H18N2O2/c14-13(15)12-4-2-1-3-10(12)9-17-11-5-7-16-8-6-11/h1-4,11H,5-9H2,(H3,14,15). The Hall–Kier alpha value is -1.39. The Labute approximate surface area is 101 Å². The molecule has 0 spiro atoms. The number of amidine groups is 1. The van der Waals surface area contributed by atoms with Crippen LogP contribution in [0.25, 0.3) is 0 Å². The number of nitrogens with two attached hydrogens (primary N) is 1. The van der Waals surface area contributed by atoms with E-state index in [0.717, 1.165) is 37.2 Å². The van der Waals surface area contributed by atoms with Crippen LogP contribution in [0.5, 0.6) is 0 Å². The fraction of sp³-hybridized carbons (Fsp3) is 0.462. The smallest absolute Gasteiger partial charge is 0.123 e. The molecule has 1 aromatic rings. The molecule has 1 saturated heterocycles. The molecule has 3 N–H and O–H groups in total.